The molecule has 0 radical (unpaired) electrons. The van der Waals surface area contributed by atoms with Crippen molar-refractivity contribution in [3.63, 3.8) is 0 Å². The zero-order valence-electron chi connectivity index (χ0n) is 9.51. The monoisotopic (exact) mass is 246 g/mol. The van der Waals surface area contributed by atoms with Crippen LogP contribution in [-0.2, 0) is 0 Å². The predicted octanol–water partition coefficient (Wildman–Crippen LogP) is 2.12. The smallest absolute Gasteiger partial charge is 0.0837 e. The molecule has 0 fully saturated rings. The second kappa shape index (κ2) is 4.82. The molecule has 2 rings (SSSR count). The van der Waals surface area contributed by atoms with Crippen LogP contribution in [0.15, 0.2) is 36.4 Å². The van der Waals surface area contributed by atoms with E-state index in [0.29, 0.717) is 22.7 Å². The van der Waals surface area contributed by atoms with E-state index in [0.717, 1.165) is 11.1 Å². The summed E-state index contributed by atoms with van der Waals surface area (Å²) >= 11 is 0. The van der Waals surface area contributed by atoms with E-state index >= 15 is 0 Å². The van der Waals surface area contributed by atoms with E-state index in [-0.39, 0.29) is 0 Å². The number of benzene rings is 2. The van der Waals surface area contributed by atoms with Crippen molar-refractivity contribution in [1.82, 2.24) is 0 Å². The molecular weight excluding hydrogens is 232 g/mol. The van der Waals surface area contributed by atoms with Crippen LogP contribution in [0.25, 0.3) is 11.1 Å². The van der Waals surface area contributed by atoms with Gasteiger partial charge in [-0.3, -0.25) is 21.4 Å². The van der Waals surface area contributed by atoms with Crippen LogP contribution < -0.4 is 22.4 Å². The summed E-state index contributed by atoms with van der Waals surface area (Å²) in [4.78, 5) is 0. The minimum atomic E-state index is 0.419. The van der Waals surface area contributed by atoms with Crippen molar-refractivity contribution in [3.05, 3.63) is 36.4 Å². The van der Waals surface area contributed by atoms with Gasteiger partial charge in [-0.25, -0.2) is 0 Å². The van der Waals surface area contributed by atoms with Crippen molar-refractivity contribution in [2.24, 2.45) is 0 Å². The topological polar surface area (TPSA) is 117 Å². The van der Waals surface area contributed by atoms with E-state index in [1.54, 1.807) is 24.3 Å². The van der Waals surface area contributed by atoms with E-state index in [2.05, 4.69) is 0 Å². The van der Waals surface area contributed by atoms with Gasteiger partial charge < -0.3 is 11.5 Å². The standard InChI is InChI=1S/C12H14N4O2/c13-9-3-1-7(5-11(9)15-17)8-2-4-10(14)12(6-8)16-18/h1-6,15-18H,13-14H2. The van der Waals surface area contributed by atoms with Crippen LogP contribution in [0.3, 0.4) is 0 Å². The van der Waals surface area contributed by atoms with Crippen LogP contribution in [-0.4, -0.2) is 10.4 Å². The Kier molecular flexibility index (Phi) is 3.22. The highest BCUT2D eigenvalue weighted by Gasteiger charge is 2.05. The molecule has 0 amide bonds. The average Bonchev–Trinajstić information content (AvgIpc) is 2.40. The lowest BCUT2D eigenvalue weighted by molar-refractivity contribution is 0.389. The number of nitrogens with two attached hydrogens (primary N) is 2. The molecule has 8 N–H and O–H groups in total. The fourth-order valence-electron chi connectivity index (χ4n) is 1.67. The van der Waals surface area contributed by atoms with Gasteiger partial charge in [0.1, 0.15) is 0 Å². The Labute approximate surface area is 104 Å². The molecule has 0 bridgehead atoms. The Balaban J connectivity index is 2.48. The number of nitrogen functional groups attached to an aromatic ring is 2. The first-order valence-corrected chi connectivity index (χ1v) is 5.25. The van der Waals surface area contributed by atoms with E-state index in [9.17, 15) is 0 Å². The molecule has 0 spiro atoms. The molecular formula is C12H14N4O2. The molecule has 0 saturated heterocycles. The SMILES string of the molecule is Nc1ccc(-c2ccc(N)c(NO)c2)cc1NO. The molecule has 6 nitrogen and oxygen atoms in total. The third-order valence-corrected chi connectivity index (χ3v) is 2.68. The molecule has 0 aliphatic heterocycles. The number of nitrogens with one attached hydrogen (secondary N) is 2. The van der Waals surface area contributed by atoms with Crippen LogP contribution >= 0.6 is 0 Å². The highest BCUT2D eigenvalue weighted by atomic mass is 16.5. The Morgan fingerprint density at radius 2 is 1.11 bits per heavy atom. The van der Waals surface area contributed by atoms with Crippen molar-refractivity contribution >= 4 is 22.7 Å². The average molecular weight is 246 g/mol. The summed E-state index contributed by atoms with van der Waals surface area (Å²) in [6.45, 7) is 0. The van der Waals surface area contributed by atoms with Crippen molar-refractivity contribution in [1.29, 1.82) is 0 Å². The fraction of sp³-hybridized carbons (Fsp3) is 0. The maximum atomic E-state index is 8.93. The lowest BCUT2D eigenvalue weighted by Gasteiger charge is -2.10. The maximum Gasteiger partial charge on any atom is 0.0837 e. The molecule has 2 aromatic carbocycles. The molecule has 2 aromatic rings. The molecule has 6 heteroatoms. The lowest BCUT2D eigenvalue weighted by Crippen LogP contribution is -1.98. The normalized spacial score (nSPS) is 10.1. The van der Waals surface area contributed by atoms with Crippen molar-refractivity contribution < 1.29 is 10.4 Å². The van der Waals surface area contributed by atoms with Gasteiger partial charge in [0.2, 0.25) is 0 Å². The van der Waals surface area contributed by atoms with E-state index in [4.69, 9.17) is 21.9 Å². The molecule has 0 heterocycles. The first-order valence-electron chi connectivity index (χ1n) is 5.25. The van der Waals surface area contributed by atoms with Gasteiger partial charge in [-0.1, -0.05) is 12.1 Å². The highest BCUT2D eigenvalue weighted by molar-refractivity contribution is 5.79. The largest absolute Gasteiger partial charge is 0.397 e. The molecule has 0 aliphatic carbocycles. The van der Waals surface area contributed by atoms with Gasteiger partial charge in [-0.05, 0) is 35.4 Å². The van der Waals surface area contributed by atoms with Crippen LogP contribution in [0.4, 0.5) is 22.7 Å². The lowest BCUT2D eigenvalue weighted by atomic mass is 10.0. The molecule has 18 heavy (non-hydrogen) atoms. The van der Waals surface area contributed by atoms with Crippen LogP contribution in [0, 0.1) is 0 Å². The van der Waals surface area contributed by atoms with E-state index in [1.165, 1.54) is 0 Å². The summed E-state index contributed by atoms with van der Waals surface area (Å²) in [6.07, 6.45) is 0. The Bertz CT molecular complexity index is 520. The minimum Gasteiger partial charge on any atom is -0.397 e. The van der Waals surface area contributed by atoms with Gasteiger partial charge in [-0.2, -0.15) is 0 Å². The Morgan fingerprint density at radius 1 is 0.722 bits per heavy atom. The molecule has 0 unspecified atom stereocenters. The van der Waals surface area contributed by atoms with Gasteiger partial charge >= 0.3 is 0 Å². The summed E-state index contributed by atoms with van der Waals surface area (Å²) in [6, 6.07) is 10.4. The fourth-order valence-corrected chi connectivity index (χ4v) is 1.67. The second-order valence-electron chi connectivity index (χ2n) is 3.83. The Morgan fingerprint density at radius 3 is 1.44 bits per heavy atom. The van der Waals surface area contributed by atoms with Crippen LogP contribution in [0.2, 0.25) is 0 Å². The third kappa shape index (κ3) is 2.15. The van der Waals surface area contributed by atoms with Crippen LogP contribution in [0.1, 0.15) is 0 Å². The zero-order valence-corrected chi connectivity index (χ0v) is 9.51. The number of hydrogen-bond acceptors (Lipinski definition) is 6. The molecule has 94 valence electrons. The van der Waals surface area contributed by atoms with Gasteiger partial charge in [0.05, 0.1) is 22.7 Å². The molecule has 0 atom stereocenters. The first kappa shape index (κ1) is 12.0. The second-order valence-corrected chi connectivity index (χ2v) is 3.83. The molecule has 0 aliphatic rings. The Hall–Kier alpha value is -2.44. The predicted molar refractivity (Wildman–Crippen MR) is 71.5 cm³/mol. The van der Waals surface area contributed by atoms with Gasteiger partial charge in [0.15, 0.2) is 0 Å². The number of anilines is 4. The van der Waals surface area contributed by atoms with Crippen molar-refractivity contribution in [3.8, 4) is 11.1 Å². The summed E-state index contributed by atoms with van der Waals surface area (Å²) in [5.74, 6) is 0. The number of hydrogen-bond donors (Lipinski definition) is 6. The summed E-state index contributed by atoms with van der Waals surface area (Å²) in [7, 11) is 0. The minimum absolute atomic E-state index is 0.419. The summed E-state index contributed by atoms with van der Waals surface area (Å²) < 4.78 is 0. The first-order chi connectivity index (χ1) is 8.65. The van der Waals surface area contributed by atoms with Gasteiger partial charge in [-0.15, -0.1) is 0 Å². The van der Waals surface area contributed by atoms with Crippen molar-refractivity contribution in [2.45, 2.75) is 0 Å². The quantitative estimate of drug-likeness (QED) is 0.365. The summed E-state index contributed by atoms with van der Waals surface area (Å²) in [5.41, 5.74) is 18.8. The molecule has 0 aromatic heterocycles. The third-order valence-electron chi connectivity index (χ3n) is 2.68. The summed E-state index contributed by atoms with van der Waals surface area (Å²) in [5, 5.41) is 17.9. The van der Waals surface area contributed by atoms with Gasteiger partial charge in [0, 0.05) is 0 Å². The number of rotatable bonds is 3. The highest BCUT2D eigenvalue weighted by Crippen LogP contribution is 2.30. The molecule has 0 saturated carbocycles. The van der Waals surface area contributed by atoms with Crippen LogP contribution in [0.5, 0.6) is 0 Å². The van der Waals surface area contributed by atoms with Crippen molar-refractivity contribution in [2.75, 3.05) is 22.4 Å². The zero-order chi connectivity index (χ0) is 13.1. The van der Waals surface area contributed by atoms with E-state index in [1.807, 2.05) is 23.1 Å². The maximum absolute atomic E-state index is 8.93. The van der Waals surface area contributed by atoms with Gasteiger partial charge in [0.25, 0.3) is 0 Å². The van der Waals surface area contributed by atoms with E-state index < -0.39 is 0 Å².